The molecule has 0 saturated heterocycles. The summed E-state index contributed by atoms with van der Waals surface area (Å²) in [5.74, 6) is -0.469. The van der Waals surface area contributed by atoms with Crippen molar-refractivity contribution in [3.8, 4) is 0 Å². The van der Waals surface area contributed by atoms with E-state index in [1.807, 2.05) is 0 Å². The first kappa shape index (κ1) is 13.8. The van der Waals surface area contributed by atoms with Crippen LogP contribution in [0, 0.1) is 5.82 Å². The molecule has 0 aromatic heterocycles. The standard InChI is InChI=1S/C10H8BrClF4/c11-7-5-6(1-2-9(7)13)8(12)3-4-10(14,15)16/h1-2,5,8H,3-4H2. The zero-order valence-electron chi connectivity index (χ0n) is 7.99. The van der Waals surface area contributed by atoms with Gasteiger partial charge in [-0.05, 0) is 40.0 Å². The summed E-state index contributed by atoms with van der Waals surface area (Å²) in [6, 6.07) is 3.94. The molecule has 0 aliphatic carbocycles. The molecule has 0 heterocycles. The maximum Gasteiger partial charge on any atom is 0.389 e. The molecular formula is C10H8BrClF4. The Morgan fingerprint density at radius 2 is 1.94 bits per heavy atom. The van der Waals surface area contributed by atoms with Gasteiger partial charge in [0.15, 0.2) is 0 Å². The van der Waals surface area contributed by atoms with E-state index in [2.05, 4.69) is 15.9 Å². The molecule has 90 valence electrons. The summed E-state index contributed by atoms with van der Waals surface area (Å²) in [6.45, 7) is 0. The molecule has 0 bridgehead atoms. The normalized spacial score (nSPS) is 13.9. The van der Waals surface area contributed by atoms with Crippen molar-refractivity contribution < 1.29 is 17.6 Å². The summed E-state index contributed by atoms with van der Waals surface area (Å²) in [4.78, 5) is 0. The van der Waals surface area contributed by atoms with E-state index in [0.717, 1.165) is 0 Å². The average molecular weight is 320 g/mol. The van der Waals surface area contributed by atoms with Gasteiger partial charge in [0.25, 0.3) is 0 Å². The van der Waals surface area contributed by atoms with Gasteiger partial charge in [0.1, 0.15) is 5.82 Å². The molecule has 0 amide bonds. The van der Waals surface area contributed by atoms with Crippen molar-refractivity contribution in [3.63, 3.8) is 0 Å². The summed E-state index contributed by atoms with van der Waals surface area (Å²) in [5, 5.41) is -0.765. The van der Waals surface area contributed by atoms with Gasteiger partial charge in [-0.3, -0.25) is 0 Å². The lowest BCUT2D eigenvalue weighted by Crippen LogP contribution is -2.08. The zero-order chi connectivity index (χ0) is 12.3. The smallest absolute Gasteiger partial charge is 0.206 e. The Kier molecular flexibility index (Phi) is 4.62. The van der Waals surface area contributed by atoms with Gasteiger partial charge >= 0.3 is 6.18 Å². The van der Waals surface area contributed by atoms with Gasteiger partial charge in [0, 0.05) is 6.42 Å². The maximum atomic E-state index is 12.9. The van der Waals surface area contributed by atoms with Crippen LogP contribution in [0.15, 0.2) is 22.7 Å². The van der Waals surface area contributed by atoms with Crippen LogP contribution in [-0.2, 0) is 0 Å². The summed E-state index contributed by atoms with van der Waals surface area (Å²) < 4.78 is 48.9. The largest absolute Gasteiger partial charge is 0.389 e. The zero-order valence-corrected chi connectivity index (χ0v) is 10.3. The van der Waals surface area contributed by atoms with Gasteiger partial charge in [0.05, 0.1) is 9.85 Å². The van der Waals surface area contributed by atoms with Crippen LogP contribution in [0.3, 0.4) is 0 Å². The Morgan fingerprint density at radius 3 is 2.44 bits per heavy atom. The molecule has 1 rings (SSSR count). The Bertz CT molecular complexity index is 364. The molecule has 0 saturated carbocycles. The molecular weight excluding hydrogens is 311 g/mol. The van der Waals surface area contributed by atoms with Crippen LogP contribution in [0.4, 0.5) is 17.6 Å². The van der Waals surface area contributed by atoms with Crippen LogP contribution < -0.4 is 0 Å². The average Bonchev–Trinajstić information content (AvgIpc) is 2.17. The fourth-order valence-electron chi connectivity index (χ4n) is 1.16. The Labute approximate surface area is 104 Å². The summed E-state index contributed by atoms with van der Waals surface area (Å²) in [5.41, 5.74) is 0.471. The first-order valence-electron chi connectivity index (χ1n) is 4.45. The van der Waals surface area contributed by atoms with Gasteiger partial charge in [-0.1, -0.05) is 6.07 Å². The topological polar surface area (TPSA) is 0 Å². The van der Waals surface area contributed by atoms with Crippen molar-refractivity contribution in [1.29, 1.82) is 0 Å². The molecule has 1 atom stereocenters. The lowest BCUT2D eigenvalue weighted by Gasteiger charge is -2.12. The molecule has 6 heteroatoms. The number of hydrogen-bond acceptors (Lipinski definition) is 0. The molecule has 0 aliphatic heterocycles. The van der Waals surface area contributed by atoms with Crippen molar-refractivity contribution in [2.24, 2.45) is 0 Å². The van der Waals surface area contributed by atoms with E-state index in [1.165, 1.54) is 18.2 Å². The van der Waals surface area contributed by atoms with Gasteiger partial charge in [-0.25, -0.2) is 4.39 Å². The van der Waals surface area contributed by atoms with Crippen LogP contribution in [-0.4, -0.2) is 6.18 Å². The van der Waals surface area contributed by atoms with E-state index in [4.69, 9.17) is 11.6 Å². The van der Waals surface area contributed by atoms with Crippen LogP contribution in [0.25, 0.3) is 0 Å². The van der Waals surface area contributed by atoms with E-state index in [-0.39, 0.29) is 10.9 Å². The highest BCUT2D eigenvalue weighted by atomic mass is 79.9. The van der Waals surface area contributed by atoms with Crippen molar-refractivity contribution >= 4 is 27.5 Å². The van der Waals surface area contributed by atoms with Gasteiger partial charge in [-0.2, -0.15) is 13.2 Å². The quantitative estimate of drug-likeness (QED) is 0.530. The molecule has 0 fully saturated rings. The second kappa shape index (κ2) is 5.36. The molecule has 0 nitrogen and oxygen atoms in total. The van der Waals surface area contributed by atoms with Gasteiger partial charge in [0.2, 0.25) is 0 Å². The minimum absolute atomic E-state index is 0.197. The summed E-state index contributed by atoms with van der Waals surface area (Å²) in [6.07, 6.45) is -5.39. The first-order valence-corrected chi connectivity index (χ1v) is 5.68. The molecule has 0 spiro atoms. The fourth-order valence-corrected chi connectivity index (χ4v) is 1.81. The molecule has 16 heavy (non-hydrogen) atoms. The minimum Gasteiger partial charge on any atom is -0.206 e. The number of alkyl halides is 4. The summed E-state index contributed by atoms with van der Waals surface area (Å²) >= 11 is 8.74. The second-order valence-electron chi connectivity index (χ2n) is 3.29. The van der Waals surface area contributed by atoms with Gasteiger partial charge < -0.3 is 0 Å². The lowest BCUT2D eigenvalue weighted by atomic mass is 10.1. The number of rotatable bonds is 3. The fraction of sp³-hybridized carbons (Fsp3) is 0.400. The van der Waals surface area contributed by atoms with Crippen LogP contribution in [0.1, 0.15) is 23.8 Å². The first-order chi connectivity index (χ1) is 7.29. The highest BCUT2D eigenvalue weighted by Crippen LogP contribution is 2.33. The number of halogens is 6. The predicted octanol–water partition coefficient (Wildman–Crippen LogP) is 5.21. The second-order valence-corrected chi connectivity index (χ2v) is 4.68. The van der Waals surface area contributed by atoms with E-state index in [1.54, 1.807) is 0 Å². The SMILES string of the molecule is Fc1ccc(C(Cl)CCC(F)(F)F)cc1Br. The van der Waals surface area contributed by atoms with Crippen LogP contribution in [0.5, 0.6) is 0 Å². The Hall–Kier alpha value is -0.290. The van der Waals surface area contributed by atoms with E-state index < -0.39 is 23.8 Å². The van der Waals surface area contributed by atoms with E-state index in [0.29, 0.717) is 5.56 Å². The van der Waals surface area contributed by atoms with Crippen molar-refractivity contribution in [2.45, 2.75) is 24.4 Å². The summed E-state index contributed by atoms with van der Waals surface area (Å²) in [7, 11) is 0. The van der Waals surface area contributed by atoms with E-state index in [9.17, 15) is 17.6 Å². The number of benzene rings is 1. The number of hydrogen-bond donors (Lipinski definition) is 0. The van der Waals surface area contributed by atoms with Crippen LogP contribution >= 0.6 is 27.5 Å². The third-order valence-corrected chi connectivity index (χ3v) is 3.06. The molecule has 1 aromatic rings. The third kappa shape index (κ3) is 4.29. The van der Waals surface area contributed by atoms with Crippen molar-refractivity contribution in [2.75, 3.05) is 0 Å². The minimum atomic E-state index is -4.22. The predicted molar refractivity (Wildman–Crippen MR) is 58.0 cm³/mol. The molecule has 1 unspecified atom stereocenters. The monoisotopic (exact) mass is 318 g/mol. The maximum absolute atomic E-state index is 12.9. The highest BCUT2D eigenvalue weighted by molar-refractivity contribution is 9.10. The Balaban J connectivity index is 2.66. The van der Waals surface area contributed by atoms with Crippen molar-refractivity contribution in [3.05, 3.63) is 34.1 Å². The van der Waals surface area contributed by atoms with E-state index >= 15 is 0 Å². The van der Waals surface area contributed by atoms with Gasteiger partial charge in [-0.15, -0.1) is 11.6 Å². The molecule has 1 aromatic carbocycles. The third-order valence-electron chi connectivity index (χ3n) is 1.99. The van der Waals surface area contributed by atoms with Crippen molar-refractivity contribution in [1.82, 2.24) is 0 Å². The molecule has 0 N–H and O–H groups in total. The Morgan fingerprint density at radius 1 is 1.31 bits per heavy atom. The molecule has 0 radical (unpaired) electrons. The highest BCUT2D eigenvalue weighted by Gasteiger charge is 2.28. The lowest BCUT2D eigenvalue weighted by molar-refractivity contribution is -0.135. The molecule has 0 aliphatic rings. The van der Waals surface area contributed by atoms with Crippen LogP contribution in [0.2, 0.25) is 0 Å².